The fourth-order valence-electron chi connectivity index (χ4n) is 2.36. The first-order chi connectivity index (χ1) is 11.5. The predicted octanol–water partition coefficient (Wildman–Crippen LogP) is 1.84. The molecule has 1 aromatic heterocycles. The lowest BCUT2D eigenvalue weighted by atomic mass is 10.3. The number of ether oxygens (including phenoxy) is 1. The normalized spacial score (nSPS) is 15.3. The van der Waals surface area contributed by atoms with Crippen LogP contribution in [0.15, 0.2) is 47.4 Å². The van der Waals surface area contributed by atoms with Gasteiger partial charge in [-0.15, -0.1) is 0 Å². The molecule has 1 amide bonds. The van der Waals surface area contributed by atoms with Crippen LogP contribution < -0.4 is 3.82 Å². The number of halogens is 1. The SMILES string of the molecule is O=C(c1ccc(N(Cl)S(=O)(=O)c2ccccc2)[nH]1)N1CCOCC1. The van der Waals surface area contributed by atoms with E-state index in [1.165, 1.54) is 24.3 Å². The molecule has 24 heavy (non-hydrogen) atoms. The predicted molar refractivity (Wildman–Crippen MR) is 89.5 cm³/mol. The Labute approximate surface area is 144 Å². The number of H-pyrrole nitrogens is 1. The maximum Gasteiger partial charge on any atom is 0.279 e. The third kappa shape index (κ3) is 3.26. The van der Waals surface area contributed by atoms with Gasteiger partial charge in [0.2, 0.25) is 0 Å². The van der Waals surface area contributed by atoms with Gasteiger partial charge in [0.25, 0.3) is 15.9 Å². The number of carbonyl (C=O) groups excluding carboxylic acids is 1. The molecule has 1 N–H and O–H groups in total. The van der Waals surface area contributed by atoms with Crippen molar-refractivity contribution >= 4 is 33.5 Å². The fourth-order valence-corrected chi connectivity index (χ4v) is 3.75. The Kier molecular flexibility index (Phi) is 4.79. The highest BCUT2D eigenvalue weighted by molar-refractivity contribution is 7.94. The molecule has 1 aromatic carbocycles. The van der Waals surface area contributed by atoms with Crippen molar-refractivity contribution in [2.24, 2.45) is 0 Å². The third-order valence-electron chi connectivity index (χ3n) is 3.64. The highest BCUT2D eigenvalue weighted by Gasteiger charge is 2.26. The maximum atomic E-state index is 12.5. The van der Waals surface area contributed by atoms with E-state index in [1.54, 1.807) is 23.1 Å². The van der Waals surface area contributed by atoms with Crippen molar-refractivity contribution in [2.45, 2.75) is 4.90 Å². The molecule has 0 atom stereocenters. The molecule has 0 radical (unpaired) electrons. The Morgan fingerprint density at radius 1 is 1.12 bits per heavy atom. The van der Waals surface area contributed by atoms with Gasteiger partial charge < -0.3 is 14.6 Å². The van der Waals surface area contributed by atoms with E-state index in [0.29, 0.717) is 30.1 Å². The summed E-state index contributed by atoms with van der Waals surface area (Å²) in [5.41, 5.74) is 0.279. The van der Waals surface area contributed by atoms with E-state index in [-0.39, 0.29) is 22.3 Å². The van der Waals surface area contributed by atoms with Crippen LogP contribution in [-0.2, 0) is 14.8 Å². The lowest BCUT2D eigenvalue weighted by molar-refractivity contribution is 0.0299. The van der Waals surface area contributed by atoms with Gasteiger partial charge in [-0.2, -0.15) is 12.2 Å². The van der Waals surface area contributed by atoms with Crippen LogP contribution in [0.25, 0.3) is 0 Å². The number of hydrogen-bond acceptors (Lipinski definition) is 4. The molecule has 9 heteroatoms. The number of sulfonamides is 1. The number of nitrogens with zero attached hydrogens (tertiary/aromatic N) is 2. The van der Waals surface area contributed by atoms with Gasteiger partial charge >= 0.3 is 0 Å². The summed E-state index contributed by atoms with van der Waals surface area (Å²) in [5, 5.41) is 0. The van der Waals surface area contributed by atoms with Gasteiger partial charge in [0.15, 0.2) is 0 Å². The molecule has 0 saturated carbocycles. The fraction of sp³-hybridized carbons (Fsp3) is 0.267. The molecule has 2 aromatic rings. The molecule has 2 heterocycles. The lowest BCUT2D eigenvalue weighted by Crippen LogP contribution is -2.40. The van der Waals surface area contributed by atoms with Crippen LogP contribution in [0.1, 0.15) is 10.5 Å². The van der Waals surface area contributed by atoms with Crippen molar-refractivity contribution in [1.82, 2.24) is 9.88 Å². The minimum absolute atomic E-state index is 0.0654. The smallest absolute Gasteiger partial charge is 0.279 e. The second kappa shape index (κ2) is 6.84. The first-order valence-corrected chi connectivity index (χ1v) is 9.10. The number of nitrogens with one attached hydrogen (secondary N) is 1. The number of carbonyl (C=O) groups is 1. The molecule has 1 aliphatic heterocycles. The maximum absolute atomic E-state index is 12.5. The molecular formula is C15H16ClN3O4S. The van der Waals surface area contributed by atoms with E-state index in [4.69, 9.17) is 16.5 Å². The lowest BCUT2D eigenvalue weighted by Gasteiger charge is -2.26. The Bertz CT molecular complexity index is 816. The number of amides is 1. The van der Waals surface area contributed by atoms with E-state index in [0.717, 1.165) is 0 Å². The largest absolute Gasteiger partial charge is 0.378 e. The van der Waals surface area contributed by atoms with E-state index in [2.05, 4.69) is 4.98 Å². The van der Waals surface area contributed by atoms with E-state index < -0.39 is 10.0 Å². The Morgan fingerprint density at radius 3 is 2.46 bits per heavy atom. The molecule has 7 nitrogen and oxygen atoms in total. The number of anilines is 1. The minimum atomic E-state index is -3.91. The molecule has 128 valence electrons. The van der Waals surface area contributed by atoms with Crippen LogP contribution in [0.5, 0.6) is 0 Å². The third-order valence-corrected chi connectivity index (χ3v) is 5.85. The highest BCUT2D eigenvalue weighted by atomic mass is 35.5. The summed E-state index contributed by atoms with van der Waals surface area (Å²) in [5.74, 6) is -0.108. The zero-order valence-electron chi connectivity index (χ0n) is 12.7. The summed E-state index contributed by atoms with van der Waals surface area (Å²) in [6, 6.07) is 10.8. The van der Waals surface area contributed by atoms with Gasteiger partial charge in [0.05, 0.1) is 18.1 Å². The molecule has 1 fully saturated rings. The molecule has 0 aliphatic carbocycles. The summed E-state index contributed by atoms with van der Waals surface area (Å²) in [7, 11) is -3.91. The van der Waals surface area contributed by atoms with E-state index >= 15 is 0 Å². The van der Waals surface area contributed by atoms with E-state index in [1.807, 2.05) is 0 Å². The summed E-state index contributed by atoms with van der Waals surface area (Å²) < 4.78 is 30.8. The van der Waals surface area contributed by atoms with Crippen molar-refractivity contribution in [1.29, 1.82) is 0 Å². The first-order valence-electron chi connectivity index (χ1n) is 7.32. The average molecular weight is 370 g/mol. The van der Waals surface area contributed by atoms with Crippen molar-refractivity contribution in [2.75, 3.05) is 30.1 Å². The van der Waals surface area contributed by atoms with Crippen molar-refractivity contribution in [3.63, 3.8) is 0 Å². The van der Waals surface area contributed by atoms with E-state index in [9.17, 15) is 13.2 Å². The van der Waals surface area contributed by atoms with Crippen LogP contribution in [0.4, 0.5) is 5.82 Å². The zero-order valence-corrected chi connectivity index (χ0v) is 14.3. The quantitative estimate of drug-likeness (QED) is 0.833. The van der Waals surface area contributed by atoms with Gasteiger partial charge in [-0.25, -0.2) is 0 Å². The minimum Gasteiger partial charge on any atom is -0.378 e. The summed E-state index contributed by atoms with van der Waals surface area (Å²) in [4.78, 5) is 16.9. The molecule has 3 rings (SSSR count). The van der Waals surface area contributed by atoms with Crippen molar-refractivity contribution in [3.8, 4) is 0 Å². The Hall–Kier alpha value is -2.03. The number of rotatable bonds is 4. The summed E-state index contributed by atoms with van der Waals surface area (Å²) in [6.45, 7) is 1.98. The second-order valence-corrected chi connectivity index (χ2v) is 7.52. The van der Waals surface area contributed by atoms with Gasteiger partial charge in [0, 0.05) is 24.9 Å². The molecule has 0 unspecified atom stereocenters. The van der Waals surface area contributed by atoms with Gasteiger partial charge in [-0.1, -0.05) is 18.2 Å². The van der Waals surface area contributed by atoms with Crippen LogP contribution in [0.3, 0.4) is 0 Å². The number of hydrogen-bond donors (Lipinski definition) is 1. The van der Waals surface area contributed by atoms with Crippen LogP contribution in [0.2, 0.25) is 0 Å². The zero-order chi connectivity index (χ0) is 17.2. The molecule has 1 saturated heterocycles. The van der Waals surface area contributed by atoms with Gasteiger partial charge in [0.1, 0.15) is 11.5 Å². The average Bonchev–Trinajstić information content (AvgIpc) is 3.12. The standard InChI is InChI=1S/C15H16ClN3O4S/c16-19(24(21,22)12-4-2-1-3-5-12)14-7-6-13(17-14)15(20)18-8-10-23-11-9-18/h1-7,17H,8-11H2. The number of morpholine rings is 1. The van der Waals surface area contributed by atoms with Crippen molar-refractivity contribution in [3.05, 3.63) is 48.2 Å². The Morgan fingerprint density at radius 2 is 1.79 bits per heavy atom. The van der Waals surface area contributed by atoms with Crippen LogP contribution in [0, 0.1) is 0 Å². The number of aromatic nitrogens is 1. The highest BCUT2D eigenvalue weighted by Crippen LogP contribution is 2.25. The number of aromatic amines is 1. The first kappa shape index (κ1) is 16.8. The molecule has 0 spiro atoms. The Balaban J connectivity index is 1.81. The van der Waals surface area contributed by atoms with Gasteiger partial charge in [-0.05, 0) is 24.3 Å². The molecule has 1 aliphatic rings. The van der Waals surface area contributed by atoms with Crippen molar-refractivity contribution < 1.29 is 17.9 Å². The summed E-state index contributed by atoms with van der Waals surface area (Å²) >= 11 is 6.01. The van der Waals surface area contributed by atoms with Gasteiger partial charge in [-0.3, -0.25) is 4.79 Å². The van der Waals surface area contributed by atoms with Crippen LogP contribution in [-0.4, -0.2) is 50.5 Å². The topological polar surface area (TPSA) is 82.7 Å². The monoisotopic (exact) mass is 369 g/mol. The van der Waals surface area contributed by atoms with Crippen LogP contribution >= 0.6 is 11.8 Å². The summed E-state index contributed by atoms with van der Waals surface area (Å²) in [6.07, 6.45) is 0. The number of benzene rings is 1. The second-order valence-electron chi connectivity index (χ2n) is 5.19. The molecule has 0 bridgehead atoms. The molecular weight excluding hydrogens is 354 g/mol.